The van der Waals surface area contributed by atoms with Gasteiger partial charge in [-0.3, -0.25) is 9.89 Å². The first-order chi connectivity index (χ1) is 10.2. The van der Waals surface area contributed by atoms with Crippen LogP contribution in [0.15, 0.2) is 30.3 Å². The summed E-state index contributed by atoms with van der Waals surface area (Å²) in [7, 11) is 0. The minimum absolute atomic E-state index is 0.0839. The van der Waals surface area contributed by atoms with Crippen LogP contribution in [0.2, 0.25) is 0 Å². The Bertz CT molecular complexity index is 605. The molecule has 1 saturated heterocycles. The molecule has 0 unspecified atom stereocenters. The number of nitrogens with zero attached hydrogens (tertiary/aromatic N) is 3. The van der Waals surface area contributed by atoms with Crippen LogP contribution in [0.3, 0.4) is 0 Å². The molecule has 1 aliphatic heterocycles. The summed E-state index contributed by atoms with van der Waals surface area (Å²) in [4.78, 5) is 17.8. The number of carbonyl (C=O) groups is 1. The molecular weight excluding hydrogens is 270 g/mol. The van der Waals surface area contributed by atoms with Crippen molar-refractivity contribution >= 4 is 11.9 Å². The van der Waals surface area contributed by atoms with E-state index in [1.165, 1.54) is 0 Å². The Morgan fingerprint density at radius 2 is 2.00 bits per heavy atom. The van der Waals surface area contributed by atoms with Gasteiger partial charge in [-0.15, -0.1) is 5.10 Å². The zero-order valence-electron chi connectivity index (χ0n) is 11.5. The number of anilines is 1. The summed E-state index contributed by atoms with van der Waals surface area (Å²) in [5.74, 6) is 0.971. The summed E-state index contributed by atoms with van der Waals surface area (Å²) in [6, 6.07) is 9.73. The molecule has 2 heterocycles. The van der Waals surface area contributed by atoms with Gasteiger partial charge in [-0.2, -0.15) is 4.98 Å². The van der Waals surface area contributed by atoms with Crippen LogP contribution in [0, 0.1) is 0 Å². The largest absolute Gasteiger partial charge is 0.490 e. The van der Waals surface area contributed by atoms with Gasteiger partial charge in [-0.05, 0) is 12.1 Å². The van der Waals surface area contributed by atoms with Crippen molar-refractivity contribution in [3.05, 3.63) is 36.2 Å². The number of hydrogen-bond donors (Lipinski definition) is 2. The van der Waals surface area contributed by atoms with Crippen LogP contribution < -0.4 is 10.5 Å². The monoisotopic (exact) mass is 287 g/mol. The van der Waals surface area contributed by atoms with Crippen molar-refractivity contribution in [3.8, 4) is 5.75 Å². The molecule has 7 heteroatoms. The number of piperidine rings is 1. The van der Waals surface area contributed by atoms with Gasteiger partial charge in [-0.25, -0.2) is 0 Å². The fourth-order valence-electron chi connectivity index (χ4n) is 2.39. The molecule has 0 saturated carbocycles. The van der Waals surface area contributed by atoms with Gasteiger partial charge in [0.15, 0.2) is 0 Å². The standard InChI is InChI=1S/C14H17N5O2/c15-14-16-12(17-18-14)13(20)19-8-6-11(7-9-19)21-10-4-2-1-3-5-10/h1-5,11H,6-9H2,(H3,15,16,17,18). The highest BCUT2D eigenvalue weighted by Gasteiger charge is 2.26. The molecule has 0 aliphatic carbocycles. The Kier molecular flexibility index (Phi) is 3.72. The van der Waals surface area contributed by atoms with E-state index in [0.717, 1.165) is 18.6 Å². The first-order valence-electron chi connectivity index (χ1n) is 6.91. The number of likely N-dealkylation sites (tertiary alicyclic amines) is 1. The quantitative estimate of drug-likeness (QED) is 0.880. The number of nitrogen functional groups attached to an aromatic ring is 1. The van der Waals surface area contributed by atoms with Gasteiger partial charge in [0.05, 0.1) is 0 Å². The molecule has 1 aromatic heterocycles. The molecule has 3 rings (SSSR count). The van der Waals surface area contributed by atoms with Gasteiger partial charge < -0.3 is 15.4 Å². The van der Waals surface area contributed by atoms with Crippen molar-refractivity contribution in [2.24, 2.45) is 0 Å². The number of rotatable bonds is 3. The third-order valence-electron chi connectivity index (χ3n) is 3.48. The van der Waals surface area contributed by atoms with E-state index in [-0.39, 0.29) is 23.8 Å². The molecule has 3 N–H and O–H groups in total. The molecule has 0 radical (unpaired) electrons. The van der Waals surface area contributed by atoms with Crippen LogP contribution in [0.25, 0.3) is 0 Å². The SMILES string of the molecule is Nc1n[nH]c(C(=O)N2CCC(Oc3ccccc3)CC2)n1. The normalized spacial score (nSPS) is 15.9. The van der Waals surface area contributed by atoms with Crippen molar-refractivity contribution in [1.29, 1.82) is 0 Å². The van der Waals surface area contributed by atoms with E-state index in [4.69, 9.17) is 10.5 Å². The molecule has 1 amide bonds. The molecule has 0 atom stereocenters. The fourth-order valence-corrected chi connectivity index (χ4v) is 2.39. The van der Waals surface area contributed by atoms with Gasteiger partial charge in [0.25, 0.3) is 5.91 Å². The van der Waals surface area contributed by atoms with E-state index in [0.29, 0.717) is 13.1 Å². The van der Waals surface area contributed by atoms with Crippen LogP contribution in [0.4, 0.5) is 5.95 Å². The van der Waals surface area contributed by atoms with Crippen molar-refractivity contribution in [1.82, 2.24) is 20.1 Å². The molecule has 0 bridgehead atoms. The van der Waals surface area contributed by atoms with Crippen LogP contribution in [-0.2, 0) is 0 Å². The lowest BCUT2D eigenvalue weighted by Crippen LogP contribution is -2.42. The van der Waals surface area contributed by atoms with Crippen LogP contribution >= 0.6 is 0 Å². The molecule has 21 heavy (non-hydrogen) atoms. The summed E-state index contributed by atoms with van der Waals surface area (Å²) in [5.41, 5.74) is 5.41. The lowest BCUT2D eigenvalue weighted by atomic mass is 10.1. The Balaban J connectivity index is 1.54. The lowest BCUT2D eigenvalue weighted by Gasteiger charge is -2.31. The van der Waals surface area contributed by atoms with Crippen molar-refractivity contribution in [2.75, 3.05) is 18.8 Å². The van der Waals surface area contributed by atoms with Crippen LogP contribution in [0.1, 0.15) is 23.5 Å². The average molecular weight is 287 g/mol. The Labute approximate surface area is 122 Å². The average Bonchev–Trinajstić information content (AvgIpc) is 2.95. The molecule has 110 valence electrons. The Hall–Kier alpha value is -2.57. The molecule has 0 spiro atoms. The molecule has 1 aliphatic rings. The number of ether oxygens (including phenoxy) is 1. The Morgan fingerprint density at radius 1 is 1.29 bits per heavy atom. The number of hydrogen-bond acceptors (Lipinski definition) is 5. The number of aromatic amines is 1. The number of nitrogens with two attached hydrogens (primary N) is 1. The second-order valence-corrected chi connectivity index (χ2v) is 4.96. The van der Waals surface area contributed by atoms with E-state index < -0.39 is 0 Å². The summed E-state index contributed by atoms with van der Waals surface area (Å²) in [6.45, 7) is 1.27. The highest BCUT2D eigenvalue weighted by atomic mass is 16.5. The third-order valence-corrected chi connectivity index (χ3v) is 3.48. The van der Waals surface area contributed by atoms with E-state index in [1.54, 1.807) is 4.90 Å². The zero-order chi connectivity index (χ0) is 14.7. The highest BCUT2D eigenvalue weighted by molar-refractivity contribution is 5.90. The maximum absolute atomic E-state index is 12.2. The van der Waals surface area contributed by atoms with E-state index in [2.05, 4.69) is 15.2 Å². The van der Waals surface area contributed by atoms with Gasteiger partial charge in [0, 0.05) is 25.9 Å². The zero-order valence-corrected chi connectivity index (χ0v) is 11.5. The number of H-pyrrole nitrogens is 1. The first-order valence-corrected chi connectivity index (χ1v) is 6.91. The minimum atomic E-state index is -0.169. The number of amides is 1. The predicted octanol–water partition coefficient (Wildman–Crippen LogP) is 1.07. The van der Waals surface area contributed by atoms with Crippen molar-refractivity contribution in [3.63, 3.8) is 0 Å². The van der Waals surface area contributed by atoms with Crippen molar-refractivity contribution in [2.45, 2.75) is 18.9 Å². The second kappa shape index (κ2) is 5.82. The first kappa shape index (κ1) is 13.4. The maximum Gasteiger partial charge on any atom is 0.291 e. The summed E-state index contributed by atoms with van der Waals surface area (Å²) >= 11 is 0. The fraction of sp³-hybridized carbons (Fsp3) is 0.357. The number of benzene rings is 1. The second-order valence-electron chi connectivity index (χ2n) is 4.96. The molecule has 1 fully saturated rings. The molecule has 2 aromatic rings. The highest BCUT2D eigenvalue weighted by Crippen LogP contribution is 2.19. The van der Waals surface area contributed by atoms with E-state index in [9.17, 15) is 4.79 Å². The topological polar surface area (TPSA) is 97.1 Å². The lowest BCUT2D eigenvalue weighted by molar-refractivity contribution is 0.0585. The summed E-state index contributed by atoms with van der Waals surface area (Å²) < 4.78 is 5.90. The van der Waals surface area contributed by atoms with Crippen molar-refractivity contribution < 1.29 is 9.53 Å². The van der Waals surface area contributed by atoms with Gasteiger partial charge in [-0.1, -0.05) is 18.2 Å². The predicted molar refractivity (Wildman–Crippen MR) is 76.8 cm³/mol. The molecule has 1 aromatic carbocycles. The van der Waals surface area contributed by atoms with Gasteiger partial charge >= 0.3 is 0 Å². The number of para-hydroxylation sites is 1. The smallest absolute Gasteiger partial charge is 0.291 e. The van der Waals surface area contributed by atoms with E-state index >= 15 is 0 Å². The number of carbonyl (C=O) groups excluding carboxylic acids is 1. The Morgan fingerprint density at radius 3 is 2.62 bits per heavy atom. The maximum atomic E-state index is 12.2. The minimum Gasteiger partial charge on any atom is -0.490 e. The third kappa shape index (κ3) is 3.13. The van der Waals surface area contributed by atoms with Crippen LogP contribution in [0.5, 0.6) is 5.75 Å². The van der Waals surface area contributed by atoms with E-state index in [1.807, 2.05) is 30.3 Å². The summed E-state index contributed by atoms with van der Waals surface area (Å²) in [5, 5.41) is 6.22. The number of nitrogens with one attached hydrogen (secondary N) is 1. The molecule has 7 nitrogen and oxygen atoms in total. The summed E-state index contributed by atoms with van der Waals surface area (Å²) in [6.07, 6.45) is 1.73. The van der Waals surface area contributed by atoms with Gasteiger partial charge in [0.2, 0.25) is 11.8 Å². The molecular formula is C14H17N5O2. The van der Waals surface area contributed by atoms with Crippen LogP contribution in [-0.4, -0.2) is 45.2 Å². The number of aromatic nitrogens is 3. The van der Waals surface area contributed by atoms with Gasteiger partial charge in [0.1, 0.15) is 11.9 Å².